The van der Waals surface area contributed by atoms with E-state index in [1.165, 1.54) is 13.2 Å². The van der Waals surface area contributed by atoms with E-state index in [-0.39, 0.29) is 17.8 Å². The maximum absolute atomic E-state index is 13.6. The van der Waals surface area contributed by atoms with E-state index >= 15 is 0 Å². The van der Waals surface area contributed by atoms with Crippen LogP contribution in [-0.2, 0) is 6.42 Å². The summed E-state index contributed by atoms with van der Waals surface area (Å²) in [5, 5.41) is 0. The minimum absolute atomic E-state index is 0.136. The lowest BCUT2D eigenvalue weighted by Crippen LogP contribution is -2.07. The van der Waals surface area contributed by atoms with E-state index in [0.29, 0.717) is 11.3 Å². The number of halogens is 3. The lowest BCUT2D eigenvalue weighted by molar-refractivity contribution is 0.0988. The Morgan fingerprint density at radius 2 is 1.95 bits per heavy atom. The lowest BCUT2D eigenvalue weighted by atomic mass is 10.0. The van der Waals surface area contributed by atoms with Crippen molar-refractivity contribution in [2.45, 2.75) is 6.42 Å². The average Bonchev–Trinajstić information content (AvgIpc) is 2.41. The van der Waals surface area contributed by atoms with Gasteiger partial charge in [0.05, 0.1) is 12.7 Å². The number of carbonyl (C=O) groups excluding carboxylic acids is 1. The summed E-state index contributed by atoms with van der Waals surface area (Å²) in [6, 6.07) is 8.38. The fourth-order valence-electron chi connectivity index (χ4n) is 1.83. The molecule has 2 aromatic rings. The van der Waals surface area contributed by atoms with Gasteiger partial charge in [-0.15, -0.1) is 0 Å². The first kappa shape index (κ1) is 14.9. The first-order chi connectivity index (χ1) is 9.51. The highest BCUT2D eigenvalue weighted by atomic mass is 127. The molecule has 0 atom stereocenters. The van der Waals surface area contributed by atoms with E-state index in [1.807, 2.05) is 6.07 Å². The fourth-order valence-corrected chi connectivity index (χ4v) is 2.32. The first-order valence-electron chi connectivity index (χ1n) is 5.82. The highest BCUT2D eigenvalue weighted by molar-refractivity contribution is 14.1. The smallest absolute Gasteiger partial charge is 0.171 e. The number of rotatable bonds is 4. The SMILES string of the molecule is COc1ccc(I)cc1C(=O)Cc1ccc(F)cc1F. The molecule has 0 aliphatic rings. The van der Waals surface area contributed by atoms with Crippen LogP contribution in [-0.4, -0.2) is 12.9 Å². The van der Waals surface area contributed by atoms with Gasteiger partial charge in [-0.2, -0.15) is 0 Å². The number of hydrogen-bond acceptors (Lipinski definition) is 2. The molecule has 0 N–H and O–H groups in total. The summed E-state index contributed by atoms with van der Waals surface area (Å²) < 4.78 is 32.4. The van der Waals surface area contributed by atoms with Gasteiger partial charge in [-0.3, -0.25) is 4.79 Å². The van der Waals surface area contributed by atoms with Crippen molar-refractivity contribution in [2.24, 2.45) is 0 Å². The molecule has 0 fully saturated rings. The Kier molecular flexibility index (Phi) is 4.69. The van der Waals surface area contributed by atoms with Gasteiger partial charge in [0.15, 0.2) is 5.78 Å². The van der Waals surface area contributed by atoms with Crippen molar-refractivity contribution in [1.82, 2.24) is 0 Å². The summed E-state index contributed by atoms with van der Waals surface area (Å²) in [4.78, 5) is 12.2. The maximum atomic E-state index is 13.6. The molecule has 0 aromatic heterocycles. The second-order valence-corrected chi connectivity index (χ2v) is 5.43. The zero-order chi connectivity index (χ0) is 14.7. The standard InChI is InChI=1S/C15H11F2IO2/c1-20-15-5-4-11(18)8-12(15)14(19)6-9-2-3-10(16)7-13(9)17/h2-5,7-8H,6H2,1H3. The van der Waals surface area contributed by atoms with Crippen LogP contribution >= 0.6 is 22.6 Å². The molecular weight excluding hydrogens is 377 g/mol. The quantitative estimate of drug-likeness (QED) is 0.585. The summed E-state index contributed by atoms with van der Waals surface area (Å²) in [6.45, 7) is 0. The molecule has 5 heteroatoms. The van der Waals surface area contributed by atoms with Gasteiger partial charge >= 0.3 is 0 Å². The third-order valence-corrected chi connectivity index (χ3v) is 3.50. The van der Waals surface area contributed by atoms with Gasteiger partial charge in [-0.05, 0) is 52.4 Å². The van der Waals surface area contributed by atoms with Crippen LogP contribution in [0.2, 0.25) is 0 Å². The van der Waals surface area contributed by atoms with Crippen LogP contribution in [0.25, 0.3) is 0 Å². The molecule has 0 amide bonds. The van der Waals surface area contributed by atoms with Crippen molar-refractivity contribution in [3.8, 4) is 5.75 Å². The number of Topliss-reactive ketones (excluding diaryl/α,β-unsaturated/α-hetero) is 1. The van der Waals surface area contributed by atoms with E-state index < -0.39 is 11.6 Å². The largest absolute Gasteiger partial charge is 0.496 e. The third-order valence-electron chi connectivity index (χ3n) is 2.83. The second-order valence-electron chi connectivity index (χ2n) is 4.18. The van der Waals surface area contributed by atoms with E-state index in [2.05, 4.69) is 22.6 Å². The van der Waals surface area contributed by atoms with Gasteiger partial charge in [0.2, 0.25) is 0 Å². The van der Waals surface area contributed by atoms with Gasteiger partial charge in [0, 0.05) is 16.1 Å². The monoisotopic (exact) mass is 388 g/mol. The predicted octanol–water partition coefficient (Wildman–Crippen LogP) is 4.00. The van der Waals surface area contributed by atoms with Gasteiger partial charge in [-0.25, -0.2) is 8.78 Å². The predicted molar refractivity (Wildman–Crippen MR) is 80.1 cm³/mol. The Hall–Kier alpha value is -1.50. The molecule has 0 spiro atoms. The summed E-state index contributed by atoms with van der Waals surface area (Å²) in [7, 11) is 1.47. The number of hydrogen-bond donors (Lipinski definition) is 0. The Balaban J connectivity index is 2.30. The first-order valence-corrected chi connectivity index (χ1v) is 6.90. The molecule has 0 heterocycles. The van der Waals surface area contributed by atoms with Crippen LogP contribution in [0.3, 0.4) is 0 Å². The zero-order valence-electron chi connectivity index (χ0n) is 10.6. The molecule has 0 aliphatic carbocycles. The molecule has 2 nitrogen and oxygen atoms in total. The van der Waals surface area contributed by atoms with Crippen LogP contribution < -0.4 is 4.74 Å². The Labute approximate surface area is 128 Å². The van der Waals surface area contributed by atoms with Crippen LogP contribution in [0.15, 0.2) is 36.4 Å². The van der Waals surface area contributed by atoms with Crippen molar-refractivity contribution in [3.63, 3.8) is 0 Å². The van der Waals surface area contributed by atoms with E-state index in [4.69, 9.17) is 4.74 Å². The summed E-state index contributed by atoms with van der Waals surface area (Å²) in [5.74, 6) is -1.21. The highest BCUT2D eigenvalue weighted by Gasteiger charge is 2.15. The minimum atomic E-state index is -0.719. The van der Waals surface area contributed by atoms with Crippen molar-refractivity contribution in [3.05, 3.63) is 62.7 Å². The molecule has 2 aromatic carbocycles. The fraction of sp³-hybridized carbons (Fsp3) is 0.133. The third kappa shape index (κ3) is 3.33. The molecule has 104 valence electrons. The Bertz CT molecular complexity index is 656. The van der Waals surface area contributed by atoms with Crippen LogP contribution in [0, 0.1) is 15.2 Å². The lowest BCUT2D eigenvalue weighted by Gasteiger charge is -2.08. The van der Waals surface area contributed by atoms with Gasteiger partial charge < -0.3 is 4.74 Å². The molecule has 0 unspecified atom stereocenters. The topological polar surface area (TPSA) is 26.3 Å². The van der Waals surface area contributed by atoms with Crippen LogP contribution in [0.4, 0.5) is 8.78 Å². The number of methoxy groups -OCH3 is 1. The van der Waals surface area contributed by atoms with Crippen LogP contribution in [0.5, 0.6) is 5.75 Å². The average molecular weight is 388 g/mol. The van der Waals surface area contributed by atoms with Crippen molar-refractivity contribution in [2.75, 3.05) is 7.11 Å². The molecule has 0 saturated carbocycles. The number of benzene rings is 2. The normalized spacial score (nSPS) is 10.4. The molecule has 2 rings (SSSR count). The van der Waals surface area contributed by atoms with Gasteiger partial charge in [0.25, 0.3) is 0 Å². The van der Waals surface area contributed by atoms with Gasteiger partial charge in [0.1, 0.15) is 17.4 Å². The number of carbonyl (C=O) groups is 1. The number of ether oxygens (including phenoxy) is 1. The van der Waals surface area contributed by atoms with Crippen molar-refractivity contribution < 1.29 is 18.3 Å². The summed E-state index contributed by atoms with van der Waals surface area (Å²) in [6.07, 6.45) is -0.136. The second kappa shape index (κ2) is 6.30. The van der Waals surface area contributed by atoms with E-state index in [0.717, 1.165) is 15.7 Å². The highest BCUT2D eigenvalue weighted by Crippen LogP contribution is 2.23. The molecule has 0 radical (unpaired) electrons. The number of ketones is 1. The summed E-state index contributed by atoms with van der Waals surface area (Å²) >= 11 is 2.08. The van der Waals surface area contributed by atoms with E-state index in [1.54, 1.807) is 12.1 Å². The molecule has 0 saturated heterocycles. The molecule has 0 bridgehead atoms. The summed E-state index contributed by atoms with van der Waals surface area (Å²) in [5.41, 5.74) is 0.556. The molecular formula is C15H11F2IO2. The van der Waals surface area contributed by atoms with Crippen LogP contribution in [0.1, 0.15) is 15.9 Å². The van der Waals surface area contributed by atoms with Gasteiger partial charge in [-0.1, -0.05) is 6.07 Å². The van der Waals surface area contributed by atoms with E-state index in [9.17, 15) is 13.6 Å². The Morgan fingerprint density at radius 1 is 1.20 bits per heavy atom. The van der Waals surface area contributed by atoms with Crippen molar-refractivity contribution >= 4 is 28.4 Å². The zero-order valence-corrected chi connectivity index (χ0v) is 12.8. The molecule has 0 aliphatic heterocycles. The minimum Gasteiger partial charge on any atom is -0.496 e. The van der Waals surface area contributed by atoms with Crippen molar-refractivity contribution in [1.29, 1.82) is 0 Å². The molecule has 20 heavy (non-hydrogen) atoms. The maximum Gasteiger partial charge on any atom is 0.171 e. The Morgan fingerprint density at radius 3 is 2.60 bits per heavy atom.